The average molecular weight is 239 g/mol. The van der Waals surface area contributed by atoms with Crippen molar-refractivity contribution in [3.8, 4) is 0 Å². The molecule has 1 aliphatic rings. The van der Waals surface area contributed by atoms with Crippen LogP contribution in [0.15, 0.2) is 6.20 Å². The Morgan fingerprint density at radius 1 is 1.35 bits per heavy atom. The SMILES string of the molecule is CCCN1CCN(c2nc(N)ncc2F)CC1. The fourth-order valence-corrected chi connectivity index (χ4v) is 2.09. The van der Waals surface area contributed by atoms with Gasteiger partial charge in [-0.3, -0.25) is 4.90 Å². The Morgan fingerprint density at radius 2 is 2.06 bits per heavy atom. The lowest BCUT2D eigenvalue weighted by Crippen LogP contribution is -2.47. The highest BCUT2D eigenvalue weighted by atomic mass is 19.1. The number of hydrogen-bond donors (Lipinski definition) is 1. The predicted octanol–water partition coefficient (Wildman–Crippen LogP) is 0.730. The Labute approximate surface area is 100 Å². The second-order valence-corrected chi connectivity index (χ2v) is 4.23. The van der Waals surface area contributed by atoms with Crippen molar-refractivity contribution in [2.75, 3.05) is 43.4 Å². The number of hydrogen-bond acceptors (Lipinski definition) is 5. The van der Waals surface area contributed by atoms with Gasteiger partial charge in [0, 0.05) is 26.2 Å². The van der Waals surface area contributed by atoms with Crippen molar-refractivity contribution >= 4 is 11.8 Å². The van der Waals surface area contributed by atoms with Gasteiger partial charge >= 0.3 is 0 Å². The monoisotopic (exact) mass is 239 g/mol. The number of piperazine rings is 1. The van der Waals surface area contributed by atoms with Gasteiger partial charge in [0.1, 0.15) is 0 Å². The second kappa shape index (κ2) is 5.27. The third kappa shape index (κ3) is 2.82. The second-order valence-electron chi connectivity index (χ2n) is 4.23. The van der Waals surface area contributed by atoms with Gasteiger partial charge in [-0.15, -0.1) is 0 Å². The molecule has 0 radical (unpaired) electrons. The Hall–Kier alpha value is -1.43. The van der Waals surface area contributed by atoms with E-state index >= 15 is 0 Å². The normalized spacial score (nSPS) is 17.4. The van der Waals surface area contributed by atoms with Gasteiger partial charge in [-0.1, -0.05) is 6.92 Å². The molecule has 1 saturated heterocycles. The summed E-state index contributed by atoms with van der Waals surface area (Å²) in [6.07, 6.45) is 2.28. The maximum absolute atomic E-state index is 13.6. The minimum absolute atomic E-state index is 0.123. The first-order valence-electron chi connectivity index (χ1n) is 5.96. The molecule has 0 amide bonds. The first-order chi connectivity index (χ1) is 8.20. The maximum atomic E-state index is 13.6. The molecule has 0 aromatic carbocycles. The molecule has 0 atom stereocenters. The van der Waals surface area contributed by atoms with E-state index in [9.17, 15) is 4.39 Å². The average Bonchev–Trinajstić information content (AvgIpc) is 2.34. The van der Waals surface area contributed by atoms with Crippen LogP contribution >= 0.6 is 0 Å². The van der Waals surface area contributed by atoms with Crippen LogP contribution in [-0.2, 0) is 0 Å². The molecule has 2 N–H and O–H groups in total. The molecule has 0 aliphatic carbocycles. The minimum Gasteiger partial charge on any atom is -0.368 e. The summed E-state index contributed by atoms with van der Waals surface area (Å²) in [5, 5.41) is 0. The first kappa shape index (κ1) is 12.0. The van der Waals surface area contributed by atoms with E-state index < -0.39 is 5.82 Å². The maximum Gasteiger partial charge on any atom is 0.222 e. The fourth-order valence-electron chi connectivity index (χ4n) is 2.09. The van der Waals surface area contributed by atoms with E-state index in [1.807, 2.05) is 4.90 Å². The molecule has 1 aliphatic heterocycles. The summed E-state index contributed by atoms with van der Waals surface area (Å²) in [5.74, 6) is 0.0502. The molecule has 0 saturated carbocycles. The summed E-state index contributed by atoms with van der Waals surface area (Å²) in [6.45, 7) is 6.72. The fraction of sp³-hybridized carbons (Fsp3) is 0.636. The number of rotatable bonds is 3. The Balaban J connectivity index is 2.02. The topological polar surface area (TPSA) is 58.3 Å². The highest BCUT2D eigenvalue weighted by molar-refractivity contribution is 5.42. The predicted molar refractivity (Wildman–Crippen MR) is 65.3 cm³/mol. The molecule has 1 aromatic rings. The van der Waals surface area contributed by atoms with Crippen LogP contribution in [0.4, 0.5) is 16.2 Å². The van der Waals surface area contributed by atoms with Gasteiger partial charge in [0.15, 0.2) is 11.6 Å². The summed E-state index contributed by atoms with van der Waals surface area (Å²) in [7, 11) is 0. The zero-order valence-electron chi connectivity index (χ0n) is 10.1. The van der Waals surface area contributed by atoms with E-state index in [0.717, 1.165) is 45.3 Å². The van der Waals surface area contributed by atoms with Crippen LogP contribution < -0.4 is 10.6 Å². The van der Waals surface area contributed by atoms with Crippen molar-refractivity contribution in [2.45, 2.75) is 13.3 Å². The van der Waals surface area contributed by atoms with Crippen molar-refractivity contribution in [3.05, 3.63) is 12.0 Å². The molecule has 6 heteroatoms. The van der Waals surface area contributed by atoms with Crippen LogP contribution in [0, 0.1) is 5.82 Å². The number of anilines is 2. The highest BCUT2D eigenvalue weighted by Crippen LogP contribution is 2.18. The zero-order valence-corrected chi connectivity index (χ0v) is 10.1. The molecule has 1 aromatic heterocycles. The largest absolute Gasteiger partial charge is 0.368 e. The number of aromatic nitrogens is 2. The molecule has 2 heterocycles. The van der Waals surface area contributed by atoms with Crippen LogP contribution in [0.5, 0.6) is 0 Å². The number of nitrogens with zero attached hydrogens (tertiary/aromatic N) is 4. The standard InChI is InChI=1S/C11H18FN5/c1-2-3-16-4-6-17(7-5-16)10-9(12)8-14-11(13)15-10/h8H,2-7H2,1H3,(H2,13,14,15). The van der Waals surface area contributed by atoms with Crippen LogP contribution in [0.25, 0.3) is 0 Å². The van der Waals surface area contributed by atoms with E-state index in [2.05, 4.69) is 21.8 Å². The third-order valence-electron chi connectivity index (χ3n) is 2.96. The summed E-state index contributed by atoms with van der Waals surface area (Å²) < 4.78 is 13.6. The van der Waals surface area contributed by atoms with Crippen molar-refractivity contribution in [1.82, 2.24) is 14.9 Å². The van der Waals surface area contributed by atoms with E-state index in [4.69, 9.17) is 5.73 Å². The van der Waals surface area contributed by atoms with Crippen LogP contribution in [0.3, 0.4) is 0 Å². The molecule has 2 rings (SSSR count). The Kier molecular flexibility index (Phi) is 3.73. The minimum atomic E-state index is -0.400. The molecule has 0 unspecified atom stereocenters. The lowest BCUT2D eigenvalue weighted by Gasteiger charge is -2.35. The van der Waals surface area contributed by atoms with Crippen molar-refractivity contribution in [1.29, 1.82) is 0 Å². The summed E-state index contributed by atoms with van der Waals surface area (Å²) in [4.78, 5) is 11.9. The third-order valence-corrected chi connectivity index (χ3v) is 2.96. The van der Waals surface area contributed by atoms with Gasteiger partial charge in [-0.2, -0.15) is 4.98 Å². The van der Waals surface area contributed by atoms with Gasteiger partial charge < -0.3 is 10.6 Å². The van der Waals surface area contributed by atoms with E-state index in [0.29, 0.717) is 5.82 Å². The van der Waals surface area contributed by atoms with Gasteiger partial charge in [-0.25, -0.2) is 9.37 Å². The molecule has 17 heavy (non-hydrogen) atoms. The molecule has 5 nitrogen and oxygen atoms in total. The quantitative estimate of drug-likeness (QED) is 0.842. The van der Waals surface area contributed by atoms with E-state index in [1.54, 1.807) is 0 Å². The molecule has 0 spiro atoms. The van der Waals surface area contributed by atoms with Crippen molar-refractivity contribution in [3.63, 3.8) is 0 Å². The highest BCUT2D eigenvalue weighted by Gasteiger charge is 2.20. The van der Waals surface area contributed by atoms with Crippen LogP contribution in [0.1, 0.15) is 13.3 Å². The van der Waals surface area contributed by atoms with Gasteiger partial charge in [0.2, 0.25) is 5.95 Å². The van der Waals surface area contributed by atoms with E-state index in [1.165, 1.54) is 0 Å². The lowest BCUT2D eigenvalue weighted by atomic mass is 10.3. The number of nitrogens with two attached hydrogens (primary N) is 1. The van der Waals surface area contributed by atoms with Crippen LogP contribution in [-0.4, -0.2) is 47.6 Å². The van der Waals surface area contributed by atoms with Gasteiger partial charge in [-0.05, 0) is 13.0 Å². The lowest BCUT2D eigenvalue weighted by molar-refractivity contribution is 0.257. The van der Waals surface area contributed by atoms with Crippen molar-refractivity contribution < 1.29 is 4.39 Å². The first-order valence-corrected chi connectivity index (χ1v) is 5.96. The smallest absolute Gasteiger partial charge is 0.222 e. The van der Waals surface area contributed by atoms with E-state index in [-0.39, 0.29) is 5.95 Å². The molecular weight excluding hydrogens is 221 g/mol. The molecule has 0 bridgehead atoms. The molecular formula is C11H18FN5. The van der Waals surface area contributed by atoms with Gasteiger partial charge in [0.25, 0.3) is 0 Å². The Morgan fingerprint density at radius 3 is 2.71 bits per heavy atom. The van der Waals surface area contributed by atoms with Crippen LogP contribution in [0.2, 0.25) is 0 Å². The zero-order chi connectivity index (χ0) is 12.3. The molecule has 1 fully saturated rings. The molecule has 94 valence electrons. The summed E-state index contributed by atoms with van der Waals surface area (Å²) >= 11 is 0. The number of nitrogen functional groups attached to an aromatic ring is 1. The van der Waals surface area contributed by atoms with Gasteiger partial charge in [0.05, 0.1) is 6.20 Å². The summed E-state index contributed by atoms with van der Waals surface area (Å²) in [5.41, 5.74) is 5.48. The van der Waals surface area contributed by atoms with Crippen molar-refractivity contribution in [2.24, 2.45) is 0 Å². The number of halogens is 1. The summed E-state index contributed by atoms with van der Waals surface area (Å²) in [6, 6.07) is 0. The Bertz CT molecular complexity index is 376.